The average molecular weight is 609 g/mol. The van der Waals surface area contributed by atoms with Crippen LogP contribution in [0, 0.1) is 17.3 Å². The van der Waals surface area contributed by atoms with Crippen molar-refractivity contribution < 1.29 is 24.6 Å². The minimum Gasteiger partial charge on any atom is -0.396 e. The van der Waals surface area contributed by atoms with E-state index in [1.807, 2.05) is 62.6 Å². The van der Waals surface area contributed by atoms with Crippen molar-refractivity contribution >= 4 is 11.8 Å². The number of aliphatic hydroxyl groups excluding tert-OH is 2. The number of carbonyl (C=O) groups excluding carboxylic acids is 2. The zero-order chi connectivity index (χ0) is 31.9. The average Bonchev–Trinajstić information content (AvgIpc) is 3.35. The molecule has 2 unspecified atom stereocenters. The van der Waals surface area contributed by atoms with E-state index in [1.165, 1.54) is 0 Å². The summed E-state index contributed by atoms with van der Waals surface area (Å²) in [6.07, 6.45) is 4.23. The number of benzene rings is 2. The third-order valence-electron chi connectivity index (χ3n) is 9.21. The van der Waals surface area contributed by atoms with E-state index in [2.05, 4.69) is 36.3 Å². The highest BCUT2D eigenvalue weighted by Crippen LogP contribution is 2.39. The largest absolute Gasteiger partial charge is 0.396 e. The molecule has 2 aromatic carbocycles. The summed E-state index contributed by atoms with van der Waals surface area (Å²) in [7, 11) is 4.09. The van der Waals surface area contributed by atoms with E-state index in [0.717, 1.165) is 55.3 Å². The van der Waals surface area contributed by atoms with Gasteiger partial charge in [-0.2, -0.15) is 5.06 Å². The van der Waals surface area contributed by atoms with Crippen LogP contribution in [-0.4, -0.2) is 90.6 Å². The number of aliphatic hydroxyl groups is 2. The minimum absolute atomic E-state index is 0.0591. The fraction of sp³-hybridized carbons (Fsp3) is 0.600. The number of unbranched alkanes of at least 4 members (excludes halogenated alkanes) is 1. The molecule has 1 saturated carbocycles. The number of hydroxylamine groups is 2. The molecule has 0 aromatic heterocycles. The van der Waals surface area contributed by atoms with Gasteiger partial charge in [-0.15, -0.1) is 0 Å². The first-order chi connectivity index (χ1) is 21.0. The summed E-state index contributed by atoms with van der Waals surface area (Å²) in [6, 6.07) is 14.8. The van der Waals surface area contributed by atoms with Crippen molar-refractivity contribution in [3.05, 3.63) is 59.7 Å². The zero-order valence-electron chi connectivity index (χ0n) is 27.1. The Morgan fingerprint density at radius 2 is 1.84 bits per heavy atom. The number of rotatable bonds is 13. The van der Waals surface area contributed by atoms with Crippen LogP contribution in [0.3, 0.4) is 0 Å². The number of nitrogens with zero attached hydrogens (tertiary/aromatic N) is 2. The van der Waals surface area contributed by atoms with Gasteiger partial charge in [0, 0.05) is 24.1 Å². The van der Waals surface area contributed by atoms with E-state index in [1.54, 1.807) is 5.06 Å². The topological polar surface area (TPSA) is 114 Å². The van der Waals surface area contributed by atoms with Gasteiger partial charge in [0.1, 0.15) is 12.1 Å². The van der Waals surface area contributed by atoms with E-state index in [-0.39, 0.29) is 43.0 Å². The molecule has 2 amide bonds. The molecule has 0 radical (unpaired) electrons. The fourth-order valence-corrected chi connectivity index (χ4v) is 6.81. The molecule has 1 aliphatic carbocycles. The molecular formula is C35H52N4O5. The molecule has 1 heterocycles. The van der Waals surface area contributed by atoms with Crippen LogP contribution in [0.2, 0.25) is 0 Å². The van der Waals surface area contributed by atoms with Gasteiger partial charge in [0.25, 0.3) is 5.91 Å². The third kappa shape index (κ3) is 8.67. The fourth-order valence-electron chi connectivity index (χ4n) is 6.81. The quantitative estimate of drug-likeness (QED) is 0.256. The zero-order valence-corrected chi connectivity index (χ0v) is 27.1. The number of carbonyl (C=O) groups is 2. The summed E-state index contributed by atoms with van der Waals surface area (Å²) in [6.45, 7) is 8.05. The van der Waals surface area contributed by atoms with Gasteiger partial charge < -0.3 is 25.7 Å². The van der Waals surface area contributed by atoms with E-state index in [9.17, 15) is 19.8 Å². The maximum absolute atomic E-state index is 13.7. The molecule has 5 atom stereocenters. The number of nitrogens with one attached hydrogen (secondary N) is 2. The number of hydrogen-bond donors (Lipinski definition) is 4. The Bertz CT molecular complexity index is 1250. The summed E-state index contributed by atoms with van der Waals surface area (Å²) >= 11 is 0. The second-order valence-corrected chi connectivity index (χ2v) is 13.7. The van der Waals surface area contributed by atoms with Crippen molar-refractivity contribution in [2.45, 2.75) is 77.6 Å². The van der Waals surface area contributed by atoms with Crippen LogP contribution < -0.4 is 10.6 Å². The third-order valence-corrected chi connectivity index (χ3v) is 9.21. The summed E-state index contributed by atoms with van der Waals surface area (Å²) in [5.41, 5.74) is 3.47. The van der Waals surface area contributed by atoms with Gasteiger partial charge in [0.05, 0.1) is 19.8 Å². The Morgan fingerprint density at radius 3 is 2.55 bits per heavy atom. The van der Waals surface area contributed by atoms with Gasteiger partial charge in [-0.3, -0.25) is 14.4 Å². The molecule has 1 saturated heterocycles. The minimum atomic E-state index is -0.742. The van der Waals surface area contributed by atoms with Crippen molar-refractivity contribution in [3.63, 3.8) is 0 Å². The Hall–Kier alpha value is -2.82. The summed E-state index contributed by atoms with van der Waals surface area (Å²) in [5, 5.41) is 28.2. The van der Waals surface area contributed by atoms with Gasteiger partial charge in [0.15, 0.2) is 0 Å². The summed E-state index contributed by atoms with van der Waals surface area (Å²) < 4.78 is 0. The van der Waals surface area contributed by atoms with Crippen LogP contribution in [0.4, 0.5) is 0 Å². The molecule has 0 bridgehead atoms. The lowest BCUT2D eigenvalue weighted by atomic mass is 9.70. The van der Waals surface area contributed by atoms with E-state index in [4.69, 9.17) is 4.84 Å². The van der Waals surface area contributed by atoms with Crippen LogP contribution in [0.5, 0.6) is 0 Å². The molecule has 242 valence electrons. The standard InChI is InChI=1S/C35H52N4O5/c1-24-20-35(2,3)16-15-30(24)37-34(43)32-29(22-40)31(23-41)44-39(32)21-25-11-10-12-26(19-25)27-13-6-7-14-28(27)33(42)36-17-8-9-18-38(4)5/h6-7,10-14,19,24,29-32,40-41H,8-9,15-18,20-23H2,1-5H3,(H,36,42)(H,37,43)/t24?,29-,30+,31?,32+/m1/s1. The van der Waals surface area contributed by atoms with Gasteiger partial charge in [-0.1, -0.05) is 57.2 Å². The monoisotopic (exact) mass is 608 g/mol. The van der Waals surface area contributed by atoms with Crippen LogP contribution in [0.1, 0.15) is 68.8 Å². The Labute approximate surface area is 262 Å². The van der Waals surface area contributed by atoms with Gasteiger partial charge in [-0.25, -0.2) is 0 Å². The molecule has 9 heteroatoms. The predicted molar refractivity (Wildman–Crippen MR) is 173 cm³/mol. The maximum Gasteiger partial charge on any atom is 0.251 e. The first-order valence-electron chi connectivity index (χ1n) is 16.1. The number of amides is 2. The molecular weight excluding hydrogens is 556 g/mol. The van der Waals surface area contributed by atoms with Crippen molar-refractivity contribution in [1.29, 1.82) is 0 Å². The highest BCUT2D eigenvalue weighted by atomic mass is 16.7. The summed E-state index contributed by atoms with van der Waals surface area (Å²) in [4.78, 5) is 35.1. The smallest absolute Gasteiger partial charge is 0.251 e. The highest BCUT2D eigenvalue weighted by Gasteiger charge is 2.47. The van der Waals surface area contributed by atoms with Crippen molar-refractivity contribution in [1.82, 2.24) is 20.6 Å². The summed E-state index contributed by atoms with van der Waals surface area (Å²) in [5.74, 6) is -0.500. The van der Waals surface area contributed by atoms with E-state index < -0.39 is 18.1 Å². The predicted octanol–water partition coefficient (Wildman–Crippen LogP) is 3.84. The second kappa shape index (κ2) is 15.5. The molecule has 1 aliphatic heterocycles. The van der Waals surface area contributed by atoms with Crippen molar-refractivity contribution in [2.75, 3.05) is 40.4 Å². The first kappa shape index (κ1) is 34.1. The molecule has 0 spiro atoms. The van der Waals surface area contributed by atoms with Crippen molar-refractivity contribution in [3.8, 4) is 11.1 Å². The second-order valence-electron chi connectivity index (χ2n) is 13.7. The SMILES string of the molecule is CC1CC(C)(C)CC[C@@H]1NC(=O)[C@@H]1[C@H](CO)C(CO)ON1Cc1cccc(-c2ccccc2C(=O)NCCCCN(C)C)c1. The van der Waals surface area contributed by atoms with E-state index >= 15 is 0 Å². The molecule has 2 aromatic rings. The highest BCUT2D eigenvalue weighted by molar-refractivity contribution is 6.00. The molecule has 4 N–H and O–H groups in total. The van der Waals surface area contributed by atoms with Crippen LogP contribution in [-0.2, 0) is 16.2 Å². The maximum atomic E-state index is 13.7. The molecule has 2 fully saturated rings. The first-order valence-corrected chi connectivity index (χ1v) is 16.1. The Balaban J connectivity index is 1.49. The lowest BCUT2D eigenvalue weighted by Crippen LogP contribution is -2.53. The van der Waals surface area contributed by atoms with Crippen LogP contribution >= 0.6 is 0 Å². The number of hydrogen-bond acceptors (Lipinski definition) is 7. The Kier molecular flexibility index (Phi) is 12.0. The van der Waals surface area contributed by atoms with Crippen LogP contribution in [0.15, 0.2) is 48.5 Å². The van der Waals surface area contributed by atoms with Gasteiger partial charge >= 0.3 is 0 Å². The lowest BCUT2D eigenvalue weighted by Gasteiger charge is -2.40. The molecule has 9 nitrogen and oxygen atoms in total. The molecule has 4 rings (SSSR count). The van der Waals surface area contributed by atoms with Gasteiger partial charge in [0.2, 0.25) is 5.91 Å². The molecule has 2 aliphatic rings. The normalized spacial score (nSPS) is 25.2. The van der Waals surface area contributed by atoms with Gasteiger partial charge in [-0.05, 0) is 92.9 Å². The molecule has 44 heavy (non-hydrogen) atoms. The van der Waals surface area contributed by atoms with Crippen molar-refractivity contribution in [2.24, 2.45) is 17.3 Å². The lowest BCUT2D eigenvalue weighted by molar-refractivity contribution is -0.182. The Morgan fingerprint density at radius 1 is 1.07 bits per heavy atom. The van der Waals surface area contributed by atoms with Crippen LogP contribution in [0.25, 0.3) is 11.1 Å². The van der Waals surface area contributed by atoms with E-state index in [0.29, 0.717) is 18.0 Å².